The Balaban J connectivity index is 2.09. The Morgan fingerprint density at radius 3 is 2.85 bits per heavy atom. The van der Waals surface area contributed by atoms with Crippen LogP contribution in [0.2, 0.25) is 5.02 Å². The molecule has 0 aliphatic carbocycles. The van der Waals surface area contributed by atoms with E-state index in [4.69, 9.17) is 21.8 Å². The van der Waals surface area contributed by atoms with E-state index in [0.29, 0.717) is 27.5 Å². The first-order chi connectivity index (χ1) is 9.58. The van der Waals surface area contributed by atoms with E-state index in [0.717, 1.165) is 0 Å². The smallest absolute Gasteiger partial charge is 0.387 e. The molecule has 0 saturated heterocycles. The van der Waals surface area contributed by atoms with Gasteiger partial charge in [-0.3, -0.25) is 0 Å². The summed E-state index contributed by atoms with van der Waals surface area (Å²) in [4.78, 5) is 0. The minimum absolute atomic E-state index is 0.0652. The summed E-state index contributed by atoms with van der Waals surface area (Å²) >= 11 is 7.02. The van der Waals surface area contributed by atoms with Gasteiger partial charge < -0.3 is 14.9 Å². The molecule has 0 bridgehead atoms. The zero-order valence-corrected chi connectivity index (χ0v) is 11.6. The molecule has 5 nitrogen and oxygen atoms in total. The van der Waals surface area contributed by atoms with Gasteiger partial charge in [-0.2, -0.15) is 8.78 Å². The van der Waals surface area contributed by atoms with Crippen molar-refractivity contribution in [3.05, 3.63) is 34.7 Å². The lowest BCUT2D eigenvalue weighted by molar-refractivity contribution is -0.0503. The molecule has 1 aromatic heterocycles. The van der Waals surface area contributed by atoms with Crippen LogP contribution in [0.4, 0.5) is 8.78 Å². The molecule has 0 unspecified atom stereocenters. The highest BCUT2D eigenvalue weighted by molar-refractivity contribution is 7.98. The number of hydrogen-bond acceptors (Lipinski definition) is 6. The van der Waals surface area contributed by atoms with Gasteiger partial charge in [0.1, 0.15) is 5.75 Å². The topological polar surface area (TPSA) is 74.2 Å². The second-order valence-electron chi connectivity index (χ2n) is 3.59. The van der Waals surface area contributed by atoms with Gasteiger partial charge in [0.2, 0.25) is 5.89 Å². The van der Waals surface area contributed by atoms with Gasteiger partial charge in [-0.05, 0) is 18.2 Å². The highest BCUT2D eigenvalue weighted by atomic mass is 35.5. The van der Waals surface area contributed by atoms with Crippen LogP contribution in [0.1, 0.15) is 11.5 Å². The molecule has 0 aliphatic rings. The number of aromatic nitrogens is 2. The predicted octanol–water partition coefficient (Wildman–Crippen LogP) is 3.08. The predicted molar refractivity (Wildman–Crippen MR) is 69.8 cm³/mol. The summed E-state index contributed by atoms with van der Waals surface area (Å²) in [5.41, 5.74) is 5.85. The first-order valence-electron chi connectivity index (χ1n) is 5.47. The molecule has 2 N–H and O–H groups in total. The van der Waals surface area contributed by atoms with Crippen LogP contribution in [-0.4, -0.2) is 16.8 Å². The molecule has 0 radical (unpaired) electrons. The summed E-state index contributed by atoms with van der Waals surface area (Å²) < 4.78 is 34.2. The van der Waals surface area contributed by atoms with E-state index >= 15 is 0 Å². The number of ether oxygens (including phenoxy) is 1. The largest absolute Gasteiger partial charge is 0.435 e. The molecule has 0 fully saturated rings. The minimum atomic E-state index is -2.90. The lowest BCUT2D eigenvalue weighted by Gasteiger charge is -2.10. The first-order valence-corrected chi connectivity index (χ1v) is 6.83. The Morgan fingerprint density at radius 1 is 1.40 bits per heavy atom. The molecule has 2 rings (SSSR count). The van der Waals surface area contributed by atoms with Crippen molar-refractivity contribution in [2.45, 2.75) is 24.1 Å². The van der Waals surface area contributed by atoms with Gasteiger partial charge in [0.25, 0.3) is 5.22 Å². The molecule has 9 heteroatoms. The van der Waals surface area contributed by atoms with E-state index in [1.54, 1.807) is 6.07 Å². The highest BCUT2D eigenvalue weighted by Gasteiger charge is 2.12. The second kappa shape index (κ2) is 6.87. The van der Waals surface area contributed by atoms with Crippen molar-refractivity contribution in [1.29, 1.82) is 0 Å². The molecule has 1 heterocycles. The zero-order valence-electron chi connectivity index (χ0n) is 10.1. The summed E-state index contributed by atoms with van der Waals surface area (Å²) in [5.74, 6) is 0.674. The molecular weight excluding hydrogens is 312 g/mol. The molecular formula is C11H10ClF2N3O2S. The molecule has 1 aromatic carbocycles. The van der Waals surface area contributed by atoms with E-state index in [-0.39, 0.29) is 12.3 Å². The molecule has 0 aliphatic heterocycles. The molecule has 108 valence electrons. The number of nitrogens with two attached hydrogens (primary N) is 1. The minimum Gasteiger partial charge on any atom is -0.435 e. The first kappa shape index (κ1) is 15.0. The molecule has 0 saturated carbocycles. The van der Waals surface area contributed by atoms with Crippen LogP contribution in [0.25, 0.3) is 0 Å². The molecule has 0 spiro atoms. The van der Waals surface area contributed by atoms with Gasteiger partial charge in [-0.1, -0.05) is 23.4 Å². The van der Waals surface area contributed by atoms with Crippen molar-refractivity contribution >= 4 is 23.4 Å². The lowest BCUT2D eigenvalue weighted by Crippen LogP contribution is -2.04. The van der Waals surface area contributed by atoms with Gasteiger partial charge in [0.15, 0.2) is 0 Å². The number of hydrogen-bond donors (Lipinski definition) is 1. The van der Waals surface area contributed by atoms with E-state index in [9.17, 15) is 8.78 Å². The molecule has 0 atom stereocenters. The summed E-state index contributed by atoms with van der Waals surface area (Å²) in [6.07, 6.45) is 0. The average Bonchev–Trinajstić information content (AvgIpc) is 2.86. The highest BCUT2D eigenvalue weighted by Crippen LogP contribution is 2.30. The number of thioether (sulfide) groups is 1. The van der Waals surface area contributed by atoms with Gasteiger partial charge >= 0.3 is 6.61 Å². The van der Waals surface area contributed by atoms with Crippen molar-refractivity contribution < 1.29 is 17.9 Å². The summed E-state index contributed by atoms with van der Waals surface area (Å²) in [6.45, 7) is -2.75. The van der Waals surface area contributed by atoms with Crippen LogP contribution in [0, 0.1) is 0 Å². The quantitative estimate of drug-likeness (QED) is 0.824. The fraction of sp³-hybridized carbons (Fsp3) is 0.273. The summed E-state index contributed by atoms with van der Waals surface area (Å²) in [5, 5.41) is 8.18. The maximum atomic E-state index is 12.3. The number of benzene rings is 1. The van der Waals surface area contributed by atoms with E-state index < -0.39 is 6.61 Å². The number of halogens is 3. The van der Waals surface area contributed by atoms with E-state index in [1.165, 1.54) is 23.9 Å². The number of rotatable bonds is 6. The number of alkyl halides is 2. The van der Waals surface area contributed by atoms with Gasteiger partial charge in [-0.25, -0.2) is 0 Å². The van der Waals surface area contributed by atoms with Gasteiger partial charge in [0.05, 0.1) is 6.54 Å². The van der Waals surface area contributed by atoms with Crippen LogP contribution in [0.5, 0.6) is 5.75 Å². The van der Waals surface area contributed by atoms with Crippen LogP contribution in [0.3, 0.4) is 0 Å². The lowest BCUT2D eigenvalue weighted by atomic mass is 10.2. The standard InChI is InChI=1S/C11H10ClF2N3O2S/c12-7-1-2-8(18-10(13)14)6(3-7)5-20-11-17-16-9(4-15)19-11/h1-3,10H,4-5,15H2. The monoisotopic (exact) mass is 321 g/mol. The van der Waals surface area contributed by atoms with E-state index in [1.807, 2.05) is 0 Å². The van der Waals surface area contributed by atoms with Crippen LogP contribution in [-0.2, 0) is 12.3 Å². The maximum Gasteiger partial charge on any atom is 0.387 e. The number of nitrogens with zero attached hydrogens (tertiary/aromatic N) is 2. The molecule has 2 aromatic rings. The maximum absolute atomic E-state index is 12.3. The van der Waals surface area contributed by atoms with Crippen molar-refractivity contribution in [2.75, 3.05) is 0 Å². The van der Waals surface area contributed by atoms with Gasteiger partial charge in [-0.15, -0.1) is 10.2 Å². The Bertz CT molecular complexity index is 583. The van der Waals surface area contributed by atoms with Crippen molar-refractivity contribution in [3.63, 3.8) is 0 Å². The third-order valence-corrected chi connectivity index (χ3v) is 3.32. The fourth-order valence-electron chi connectivity index (χ4n) is 1.39. The third kappa shape index (κ3) is 4.06. The normalized spacial score (nSPS) is 11.1. The second-order valence-corrected chi connectivity index (χ2v) is 4.95. The molecule has 0 amide bonds. The van der Waals surface area contributed by atoms with Gasteiger partial charge in [0, 0.05) is 16.3 Å². The third-order valence-electron chi connectivity index (χ3n) is 2.21. The Hall–Kier alpha value is -1.38. The van der Waals surface area contributed by atoms with Crippen LogP contribution >= 0.6 is 23.4 Å². The summed E-state index contributed by atoms with van der Waals surface area (Å²) in [6, 6.07) is 4.42. The van der Waals surface area contributed by atoms with Crippen LogP contribution in [0.15, 0.2) is 27.8 Å². The fourth-order valence-corrected chi connectivity index (χ4v) is 2.34. The zero-order chi connectivity index (χ0) is 14.5. The van der Waals surface area contributed by atoms with Crippen molar-refractivity contribution in [1.82, 2.24) is 10.2 Å². The Morgan fingerprint density at radius 2 is 2.20 bits per heavy atom. The van der Waals surface area contributed by atoms with Crippen LogP contribution < -0.4 is 10.5 Å². The SMILES string of the molecule is NCc1nnc(SCc2cc(Cl)ccc2OC(F)F)o1. The van der Waals surface area contributed by atoms with E-state index in [2.05, 4.69) is 14.9 Å². The average molecular weight is 322 g/mol. The molecule has 20 heavy (non-hydrogen) atoms. The Labute approximate surface area is 122 Å². The van der Waals surface area contributed by atoms with Crippen molar-refractivity contribution in [2.24, 2.45) is 5.73 Å². The summed E-state index contributed by atoms with van der Waals surface area (Å²) in [7, 11) is 0. The van der Waals surface area contributed by atoms with Crippen molar-refractivity contribution in [3.8, 4) is 5.75 Å². The Kier molecular flexibility index (Phi) is 5.16.